The summed E-state index contributed by atoms with van der Waals surface area (Å²) in [5, 5.41) is 0. The van der Waals surface area contributed by atoms with Crippen molar-refractivity contribution in [2.45, 2.75) is 24.1 Å². The van der Waals surface area contributed by atoms with E-state index < -0.39 is 15.6 Å². The van der Waals surface area contributed by atoms with Crippen LogP contribution in [0, 0.1) is 0 Å². The van der Waals surface area contributed by atoms with Crippen molar-refractivity contribution in [2.24, 2.45) is 0 Å². The molecule has 0 atom stereocenters. The van der Waals surface area contributed by atoms with Crippen LogP contribution in [0.25, 0.3) is 0 Å². The predicted molar refractivity (Wildman–Crippen MR) is 74.4 cm³/mol. The lowest BCUT2D eigenvalue weighted by Crippen LogP contribution is -2.27. The summed E-state index contributed by atoms with van der Waals surface area (Å²) in [5.74, 6) is 0. The fourth-order valence-electron chi connectivity index (χ4n) is 1.08. The van der Waals surface area contributed by atoms with Crippen molar-refractivity contribution in [3.8, 4) is 0 Å². The molecule has 0 aliphatic carbocycles. The van der Waals surface area contributed by atoms with E-state index in [0.29, 0.717) is 15.6 Å². The maximum Gasteiger partial charge on any atom is 0.485 e. The molecular weight excluding hydrogens is 313 g/mol. The lowest BCUT2D eigenvalue weighted by Gasteiger charge is -2.21. The average molecular weight is 330 g/mol. The molecule has 116 valence electrons. The van der Waals surface area contributed by atoms with Crippen molar-refractivity contribution in [3.63, 3.8) is 0 Å². The van der Waals surface area contributed by atoms with Crippen molar-refractivity contribution >= 4 is 21.0 Å². The summed E-state index contributed by atoms with van der Waals surface area (Å²) in [5.41, 5.74) is -4.20. The Morgan fingerprint density at radius 3 is 1.65 bits per heavy atom. The highest BCUT2D eigenvalue weighted by Gasteiger charge is 2.37. The summed E-state index contributed by atoms with van der Waals surface area (Å²) in [6, 6.07) is 10.7. The van der Waals surface area contributed by atoms with Crippen LogP contribution in [0.5, 0.6) is 0 Å². The second-order valence-electron chi connectivity index (χ2n) is 4.59. The molecule has 0 radical (unpaired) electrons. The number of halogens is 3. The van der Waals surface area contributed by atoms with Crippen molar-refractivity contribution < 1.29 is 26.1 Å². The van der Waals surface area contributed by atoms with Gasteiger partial charge in [-0.15, -0.1) is 0 Å². The van der Waals surface area contributed by atoms with Crippen LogP contribution in [0.15, 0.2) is 30.3 Å². The van der Waals surface area contributed by atoms with Crippen LogP contribution in [0.4, 0.5) is 13.2 Å². The SMILES string of the molecule is C[S+](C)C(C)(C)c1ccccc1.O=S(=O)([O-])C(F)(F)F. The molecule has 0 aromatic heterocycles. The molecule has 1 rings (SSSR count). The zero-order valence-corrected chi connectivity index (χ0v) is 13.2. The normalized spacial score (nSPS) is 12.8. The van der Waals surface area contributed by atoms with E-state index in [1.807, 2.05) is 0 Å². The van der Waals surface area contributed by atoms with Crippen LogP contribution in [0.3, 0.4) is 0 Å². The molecule has 0 saturated carbocycles. The summed E-state index contributed by atoms with van der Waals surface area (Å²) >= 11 is 0. The Kier molecular flexibility index (Phi) is 6.57. The Labute approximate surface area is 120 Å². The molecule has 0 saturated heterocycles. The molecule has 8 heteroatoms. The Morgan fingerprint density at radius 1 is 1.05 bits per heavy atom. The quantitative estimate of drug-likeness (QED) is 0.476. The van der Waals surface area contributed by atoms with Crippen LogP contribution in [0.2, 0.25) is 0 Å². The topological polar surface area (TPSA) is 57.2 Å². The number of rotatable bonds is 2. The largest absolute Gasteiger partial charge is 0.741 e. The van der Waals surface area contributed by atoms with E-state index in [-0.39, 0.29) is 0 Å². The fourth-order valence-corrected chi connectivity index (χ4v) is 1.68. The molecule has 0 unspecified atom stereocenters. The van der Waals surface area contributed by atoms with Gasteiger partial charge in [0.1, 0.15) is 4.75 Å². The molecule has 0 fully saturated rings. The smallest absolute Gasteiger partial charge is 0.485 e. The minimum absolute atomic E-state index is 0.321. The third-order valence-corrected chi connectivity index (χ3v) is 5.62. The van der Waals surface area contributed by atoms with Crippen LogP contribution >= 0.6 is 0 Å². The fraction of sp³-hybridized carbons (Fsp3) is 0.500. The van der Waals surface area contributed by atoms with Gasteiger partial charge in [-0.3, -0.25) is 0 Å². The molecule has 3 nitrogen and oxygen atoms in total. The summed E-state index contributed by atoms with van der Waals surface area (Å²) in [6.07, 6.45) is 4.60. The number of benzene rings is 1. The van der Waals surface area contributed by atoms with Crippen molar-refractivity contribution in [2.75, 3.05) is 12.5 Å². The van der Waals surface area contributed by atoms with Gasteiger partial charge in [-0.05, 0) is 24.7 Å². The van der Waals surface area contributed by atoms with E-state index in [2.05, 4.69) is 56.7 Å². The second kappa shape index (κ2) is 6.82. The molecule has 1 aromatic rings. The monoisotopic (exact) mass is 330 g/mol. The van der Waals surface area contributed by atoms with Crippen LogP contribution in [0.1, 0.15) is 19.4 Å². The lowest BCUT2D eigenvalue weighted by atomic mass is 10.0. The molecule has 0 spiro atoms. The second-order valence-corrected chi connectivity index (χ2v) is 8.62. The standard InChI is InChI=1S/C11H17S.CHF3O3S/c1-11(2,12(3)4)10-8-6-5-7-9-10;2-1(3,4)8(5,6)7/h5-9H,1-4H3;(H,5,6,7)/q+1;/p-1. The third-order valence-electron chi connectivity index (χ3n) is 2.77. The van der Waals surface area contributed by atoms with Gasteiger partial charge in [-0.2, -0.15) is 13.2 Å². The van der Waals surface area contributed by atoms with Gasteiger partial charge in [-0.25, -0.2) is 8.42 Å². The van der Waals surface area contributed by atoms with E-state index in [0.717, 1.165) is 0 Å². The Bertz CT molecular complexity index is 508. The Hall–Kier alpha value is -0.730. The third kappa shape index (κ3) is 5.72. The van der Waals surface area contributed by atoms with Crippen molar-refractivity contribution in [3.05, 3.63) is 35.9 Å². The molecule has 0 heterocycles. The highest BCUT2D eigenvalue weighted by Crippen LogP contribution is 2.28. The lowest BCUT2D eigenvalue weighted by molar-refractivity contribution is -0.0517. The van der Waals surface area contributed by atoms with E-state index >= 15 is 0 Å². The van der Waals surface area contributed by atoms with Gasteiger partial charge >= 0.3 is 5.51 Å². The van der Waals surface area contributed by atoms with E-state index in [1.54, 1.807) is 0 Å². The molecule has 1 aromatic carbocycles. The molecule has 0 aliphatic rings. The molecule has 0 N–H and O–H groups in total. The van der Waals surface area contributed by atoms with E-state index in [9.17, 15) is 13.2 Å². The zero-order chi connectivity index (χ0) is 16.2. The van der Waals surface area contributed by atoms with Crippen molar-refractivity contribution in [1.82, 2.24) is 0 Å². The Morgan fingerprint density at radius 2 is 1.40 bits per heavy atom. The summed E-state index contributed by atoms with van der Waals surface area (Å²) < 4.78 is 59.2. The van der Waals surface area contributed by atoms with Crippen LogP contribution in [-0.4, -0.2) is 31.0 Å². The van der Waals surface area contributed by atoms with Gasteiger partial charge in [0.05, 0.1) is 12.5 Å². The number of hydrogen-bond donors (Lipinski definition) is 0. The van der Waals surface area contributed by atoms with Gasteiger partial charge in [-0.1, -0.05) is 30.3 Å². The maximum absolute atomic E-state index is 10.7. The minimum Gasteiger partial charge on any atom is -0.741 e. The number of alkyl halides is 3. The first kappa shape index (κ1) is 19.3. The zero-order valence-electron chi connectivity index (χ0n) is 11.6. The van der Waals surface area contributed by atoms with E-state index in [1.165, 1.54) is 5.56 Å². The van der Waals surface area contributed by atoms with Crippen LogP contribution < -0.4 is 0 Å². The van der Waals surface area contributed by atoms with Crippen LogP contribution in [-0.2, 0) is 25.8 Å². The predicted octanol–water partition coefficient (Wildman–Crippen LogP) is 2.85. The molecule has 0 amide bonds. The summed E-state index contributed by atoms with van der Waals surface area (Å²) in [4.78, 5) is 0. The van der Waals surface area contributed by atoms with Gasteiger partial charge in [0.25, 0.3) is 0 Å². The van der Waals surface area contributed by atoms with Gasteiger partial charge in [0.15, 0.2) is 10.1 Å². The minimum atomic E-state index is -6.09. The van der Waals surface area contributed by atoms with Gasteiger partial charge in [0.2, 0.25) is 0 Å². The molecular formula is C12H17F3O3S2. The Balaban J connectivity index is 0.000000396. The average Bonchev–Trinajstić information content (AvgIpc) is 2.28. The number of hydrogen-bond acceptors (Lipinski definition) is 3. The molecule has 0 aliphatic heterocycles. The van der Waals surface area contributed by atoms with Gasteiger partial charge < -0.3 is 4.55 Å². The first-order valence-electron chi connectivity index (χ1n) is 5.45. The first-order valence-corrected chi connectivity index (χ1v) is 8.90. The highest BCUT2D eigenvalue weighted by molar-refractivity contribution is 7.96. The summed E-state index contributed by atoms with van der Waals surface area (Å²) in [6.45, 7) is 4.62. The molecule has 0 bridgehead atoms. The summed E-state index contributed by atoms with van der Waals surface area (Å²) in [7, 11) is -5.67. The first-order chi connectivity index (χ1) is 8.80. The van der Waals surface area contributed by atoms with Crippen molar-refractivity contribution in [1.29, 1.82) is 0 Å². The highest BCUT2D eigenvalue weighted by atomic mass is 32.2. The van der Waals surface area contributed by atoms with E-state index in [4.69, 9.17) is 13.0 Å². The molecule has 20 heavy (non-hydrogen) atoms. The van der Waals surface area contributed by atoms with Gasteiger partial charge in [0, 0.05) is 5.56 Å². The maximum atomic E-state index is 10.7.